The van der Waals surface area contributed by atoms with Crippen LogP contribution in [0.2, 0.25) is 0 Å². The third-order valence-corrected chi connectivity index (χ3v) is 2.56. The van der Waals surface area contributed by atoms with E-state index in [1.807, 2.05) is 0 Å². The minimum absolute atomic E-state index is 0.0300. The Hall–Kier alpha value is -1.54. The molecular weight excluding hydrogens is 260 g/mol. The summed E-state index contributed by atoms with van der Waals surface area (Å²) in [6.45, 7) is -0.512. The molecule has 18 heavy (non-hydrogen) atoms. The van der Waals surface area contributed by atoms with E-state index in [9.17, 15) is 27.2 Å². The molecule has 0 aromatic rings. The van der Waals surface area contributed by atoms with Gasteiger partial charge in [-0.25, -0.2) is 13.6 Å². The fraction of sp³-hybridized carbons (Fsp3) is 0.778. The van der Waals surface area contributed by atoms with Crippen molar-refractivity contribution in [2.45, 2.75) is 12.3 Å². The van der Waals surface area contributed by atoms with Gasteiger partial charge < -0.3 is 14.5 Å². The Morgan fingerprint density at radius 3 is 1.94 bits per heavy atom. The molecule has 0 spiro atoms. The summed E-state index contributed by atoms with van der Waals surface area (Å²) >= 11 is 0. The van der Waals surface area contributed by atoms with Crippen molar-refractivity contribution in [1.29, 1.82) is 0 Å². The standard InChI is InChI=1S/C9H12F4N2O3/c1-18-8(17)15-4-2-14(3-5-15)7(16)9(12,13)6(10)11/h6H,2-5H2,1H3. The van der Waals surface area contributed by atoms with Gasteiger partial charge in [-0.2, -0.15) is 8.78 Å². The fourth-order valence-corrected chi connectivity index (χ4v) is 1.53. The molecule has 1 aliphatic rings. The molecule has 9 heteroatoms. The largest absolute Gasteiger partial charge is 0.453 e. The third kappa shape index (κ3) is 2.82. The number of carbonyl (C=O) groups excluding carboxylic acids is 2. The molecule has 1 aliphatic heterocycles. The monoisotopic (exact) mass is 272 g/mol. The number of methoxy groups -OCH3 is 1. The van der Waals surface area contributed by atoms with Crippen molar-refractivity contribution < 1.29 is 31.9 Å². The van der Waals surface area contributed by atoms with E-state index in [4.69, 9.17) is 0 Å². The third-order valence-electron chi connectivity index (χ3n) is 2.56. The topological polar surface area (TPSA) is 49.9 Å². The van der Waals surface area contributed by atoms with Crippen molar-refractivity contribution in [2.24, 2.45) is 0 Å². The van der Waals surface area contributed by atoms with Crippen molar-refractivity contribution in [3.05, 3.63) is 0 Å². The summed E-state index contributed by atoms with van der Waals surface area (Å²) in [5, 5.41) is 0. The lowest BCUT2D eigenvalue weighted by atomic mass is 10.2. The molecule has 0 saturated carbocycles. The molecule has 0 aromatic carbocycles. The van der Waals surface area contributed by atoms with Crippen LogP contribution >= 0.6 is 0 Å². The number of amides is 2. The Morgan fingerprint density at radius 1 is 1.11 bits per heavy atom. The van der Waals surface area contributed by atoms with Crippen LogP contribution in [0, 0.1) is 0 Å². The molecule has 0 unspecified atom stereocenters. The summed E-state index contributed by atoms with van der Waals surface area (Å²) in [7, 11) is 1.16. The van der Waals surface area contributed by atoms with Crippen LogP contribution in [0.1, 0.15) is 0 Å². The predicted octanol–water partition coefficient (Wildman–Crippen LogP) is 0.797. The van der Waals surface area contributed by atoms with Crippen molar-refractivity contribution in [1.82, 2.24) is 9.80 Å². The fourth-order valence-electron chi connectivity index (χ4n) is 1.53. The van der Waals surface area contributed by atoms with Crippen molar-refractivity contribution in [3.8, 4) is 0 Å². The summed E-state index contributed by atoms with van der Waals surface area (Å²) < 4.78 is 54.0. The normalized spacial score (nSPS) is 17.0. The second-order valence-corrected chi connectivity index (χ2v) is 3.67. The lowest BCUT2D eigenvalue weighted by molar-refractivity contribution is -0.181. The molecule has 2 amide bonds. The molecule has 0 N–H and O–H groups in total. The zero-order chi connectivity index (χ0) is 13.9. The summed E-state index contributed by atoms with van der Waals surface area (Å²) in [6, 6.07) is 0. The Balaban J connectivity index is 2.58. The van der Waals surface area contributed by atoms with E-state index >= 15 is 0 Å². The number of hydrogen-bond acceptors (Lipinski definition) is 3. The first kappa shape index (κ1) is 14.5. The van der Waals surface area contributed by atoms with Gasteiger partial charge in [-0.15, -0.1) is 0 Å². The van der Waals surface area contributed by atoms with Gasteiger partial charge >= 0.3 is 18.4 Å². The lowest BCUT2D eigenvalue weighted by Crippen LogP contribution is -2.56. The van der Waals surface area contributed by atoms with Crippen LogP contribution in [0.15, 0.2) is 0 Å². The van der Waals surface area contributed by atoms with E-state index in [1.165, 1.54) is 4.90 Å². The highest BCUT2D eigenvalue weighted by atomic mass is 19.3. The first-order valence-corrected chi connectivity index (χ1v) is 5.09. The van der Waals surface area contributed by atoms with Gasteiger partial charge in [-0.05, 0) is 0 Å². The first-order valence-electron chi connectivity index (χ1n) is 5.09. The summed E-state index contributed by atoms with van der Waals surface area (Å²) in [6.07, 6.45) is -4.69. The molecule has 5 nitrogen and oxygen atoms in total. The number of nitrogens with zero attached hydrogens (tertiary/aromatic N) is 2. The predicted molar refractivity (Wildman–Crippen MR) is 51.5 cm³/mol. The Bertz CT molecular complexity index is 330. The second kappa shape index (κ2) is 5.40. The van der Waals surface area contributed by atoms with E-state index in [0.29, 0.717) is 4.90 Å². The minimum atomic E-state index is -4.69. The molecule has 0 bridgehead atoms. The molecule has 0 aromatic heterocycles. The van der Waals surface area contributed by atoms with E-state index in [2.05, 4.69) is 4.74 Å². The average molecular weight is 272 g/mol. The number of alkyl halides is 4. The van der Waals surface area contributed by atoms with Crippen molar-refractivity contribution >= 4 is 12.0 Å². The lowest BCUT2D eigenvalue weighted by Gasteiger charge is -2.35. The highest BCUT2D eigenvalue weighted by molar-refractivity contribution is 5.84. The van der Waals surface area contributed by atoms with Gasteiger partial charge in [0.25, 0.3) is 5.91 Å². The van der Waals surface area contributed by atoms with E-state index in [1.54, 1.807) is 0 Å². The van der Waals surface area contributed by atoms with Gasteiger partial charge in [0.15, 0.2) is 0 Å². The number of hydrogen-bond donors (Lipinski definition) is 0. The summed E-state index contributed by atoms with van der Waals surface area (Å²) in [4.78, 5) is 24.1. The average Bonchev–Trinajstić information content (AvgIpc) is 2.36. The Labute approximate surface area is 100 Å². The smallest absolute Gasteiger partial charge is 0.409 e. The quantitative estimate of drug-likeness (QED) is 0.699. The van der Waals surface area contributed by atoms with Gasteiger partial charge in [-0.1, -0.05) is 0 Å². The van der Waals surface area contributed by atoms with Crippen LogP contribution < -0.4 is 0 Å². The minimum Gasteiger partial charge on any atom is -0.453 e. The SMILES string of the molecule is COC(=O)N1CCN(C(=O)C(F)(F)C(F)F)CC1. The molecule has 1 fully saturated rings. The van der Waals surface area contributed by atoms with Gasteiger partial charge in [0, 0.05) is 26.2 Å². The van der Waals surface area contributed by atoms with Crippen LogP contribution in [0.25, 0.3) is 0 Å². The van der Waals surface area contributed by atoms with E-state index < -0.39 is 24.3 Å². The second-order valence-electron chi connectivity index (χ2n) is 3.67. The van der Waals surface area contributed by atoms with Crippen molar-refractivity contribution in [2.75, 3.05) is 33.3 Å². The van der Waals surface area contributed by atoms with Gasteiger partial charge in [0.1, 0.15) is 0 Å². The van der Waals surface area contributed by atoms with Gasteiger partial charge in [0.2, 0.25) is 0 Å². The van der Waals surface area contributed by atoms with Crippen LogP contribution in [0.4, 0.5) is 22.4 Å². The highest BCUT2D eigenvalue weighted by Crippen LogP contribution is 2.25. The molecule has 104 valence electrons. The van der Waals surface area contributed by atoms with Crippen molar-refractivity contribution in [3.63, 3.8) is 0 Å². The van der Waals surface area contributed by atoms with Crippen LogP contribution in [0.5, 0.6) is 0 Å². The zero-order valence-electron chi connectivity index (χ0n) is 9.54. The number of piperazine rings is 1. The molecule has 0 radical (unpaired) electrons. The molecule has 1 rings (SSSR count). The Morgan fingerprint density at radius 2 is 1.56 bits per heavy atom. The number of ether oxygens (including phenoxy) is 1. The highest BCUT2D eigenvalue weighted by Gasteiger charge is 2.51. The maximum absolute atomic E-state index is 12.8. The molecule has 1 heterocycles. The summed E-state index contributed by atoms with van der Waals surface area (Å²) in [5.41, 5.74) is 0. The maximum Gasteiger partial charge on any atom is 0.409 e. The van der Waals surface area contributed by atoms with E-state index in [0.717, 1.165) is 7.11 Å². The number of halogens is 4. The zero-order valence-corrected chi connectivity index (χ0v) is 9.54. The molecular formula is C9H12F4N2O3. The number of carbonyl (C=O) groups is 2. The van der Waals surface area contributed by atoms with Crippen LogP contribution in [-0.2, 0) is 9.53 Å². The molecule has 0 atom stereocenters. The van der Waals surface area contributed by atoms with Crippen LogP contribution in [-0.4, -0.2) is 67.4 Å². The molecule has 0 aliphatic carbocycles. The van der Waals surface area contributed by atoms with Crippen LogP contribution in [0.3, 0.4) is 0 Å². The first-order chi connectivity index (χ1) is 8.30. The Kier molecular flexibility index (Phi) is 4.36. The number of rotatable bonds is 2. The van der Waals surface area contributed by atoms with Gasteiger partial charge in [-0.3, -0.25) is 4.79 Å². The molecule has 1 saturated heterocycles. The summed E-state index contributed by atoms with van der Waals surface area (Å²) in [5.74, 6) is -6.60. The van der Waals surface area contributed by atoms with Gasteiger partial charge in [0.05, 0.1) is 7.11 Å². The maximum atomic E-state index is 12.8. The van der Waals surface area contributed by atoms with E-state index in [-0.39, 0.29) is 26.2 Å².